The number of amides is 1. The van der Waals surface area contributed by atoms with Crippen LogP contribution in [0.1, 0.15) is 11.6 Å². The molecule has 1 aromatic rings. The number of hydrogen-bond acceptors (Lipinski definition) is 5. The van der Waals surface area contributed by atoms with E-state index in [1.54, 1.807) is 18.2 Å². The second-order valence-electron chi connectivity index (χ2n) is 4.37. The monoisotopic (exact) mass is 336 g/mol. The van der Waals surface area contributed by atoms with Gasteiger partial charge in [0.05, 0.1) is 12.6 Å². The first-order chi connectivity index (χ1) is 10.1. The van der Waals surface area contributed by atoms with Crippen molar-refractivity contribution in [3.8, 4) is 0 Å². The molecule has 1 aliphatic rings. The van der Waals surface area contributed by atoms with Gasteiger partial charge in [-0.3, -0.25) is 0 Å². The average Bonchev–Trinajstić information content (AvgIpc) is 2.82. The minimum absolute atomic E-state index is 0.440. The first-order valence-electron chi connectivity index (χ1n) is 5.86. The van der Waals surface area contributed by atoms with E-state index in [1.165, 1.54) is 12.1 Å². The number of nitrogens with zero attached hydrogens (tertiary/aromatic N) is 1. The summed E-state index contributed by atoms with van der Waals surface area (Å²) >= 11 is 0. The van der Waals surface area contributed by atoms with Gasteiger partial charge in [-0.05, 0) is 11.6 Å². The first kappa shape index (κ1) is 16.1. The van der Waals surface area contributed by atoms with Crippen molar-refractivity contribution in [2.45, 2.75) is 11.6 Å². The van der Waals surface area contributed by atoms with Crippen molar-refractivity contribution < 1.29 is 35.7 Å². The Kier molecular flexibility index (Phi) is 4.05. The molecule has 0 N–H and O–H groups in total. The Balaban J connectivity index is 2.30. The molecule has 1 amide bonds. The third-order valence-electron chi connectivity index (χ3n) is 2.88. The minimum atomic E-state index is -5.84. The van der Waals surface area contributed by atoms with Crippen LogP contribution in [0.4, 0.5) is 18.0 Å². The summed E-state index contributed by atoms with van der Waals surface area (Å²) in [6.07, 6.45) is -0.665. The van der Waals surface area contributed by atoms with Gasteiger partial charge in [0.25, 0.3) is 0 Å². The van der Waals surface area contributed by atoms with Gasteiger partial charge in [0.2, 0.25) is 0 Å². The normalized spacial score (nSPS) is 19.0. The lowest BCUT2D eigenvalue weighted by Gasteiger charge is -2.26. The molecular weight excluding hydrogens is 327 g/mol. The van der Waals surface area contributed by atoms with Gasteiger partial charge in [0, 0.05) is 0 Å². The van der Waals surface area contributed by atoms with Crippen molar-refractivity contribution in [1.29, 1.82) is 0 Å². The van der Waals surface area contributed by atoms with Gasteiger partial charge >= 0.3 is 15.6 Å². The molecule has 0 saturated heterocycles. The molecule has 22 heavy (non-hydrogen) atoms. The standard InChI is InChI=1S/C12H10F3NO5S/c13-12(14,15)22(19,20)21-9-6-10(16(7-9)11(17)18)8-4-2-1-3-5-8/h1-6,10H,7H2,(H,17,18)/p-1/t10-/m0/s1. The Morgan fingerprint density at radius 3 is 2.36 bits per heavy atom. The van der Waals surface area contributed by atoms with Gasteiger partial charge in [-0.25, -0.2) is 0 Å². The molecule has 0 saturated carbocycles. The molecule has 6 nitrogen and oxygen atoms in total. The second-order valence-corrected chi connectivity index (χ2v) is 5.90. The van der Waals surface area contributed by atoms with E-state index in [2.05, 4.69) is 4.18 Å². The van der Waals surface area contributed by atoms with Gasteiger partial charge < -0.3 is 19.0 Å². The van der Waals surface area contributed by atoms with Crippen LogP contribution in [0.25, 0.3) is 0 Å². The molecule has 0 fully saturated rings. The highest BCUT2D eigenvalue weighted by Gasteiger charge is 2.49. The zero-order valence-corrected chi connectivity index (χ0v) is 11.6. The molecular formula is C12H9F3NO5S-. The second kappa shape index (κ2) is 5.52. The van der Waals surface area contributed by atoms with E-state index in [4.69, 9.17) is 0 Å². The molecule has 1 atom stereocenters. The summed E-state index contributed by atoms with van der Waals surface area (Å²) in [6, 6.07) is 6.96. The van der Waals surface area contributed by atoms with Crippen LogP contribution in [0.3, 0.4) is 0 Å². The summed E-state index contributed by atoms with van der Waals surface area (Å²) in [4.78, 5) is 11.7. The molecule has 0 spiro atoms. The molecule has 2 rings (SSSR count). The van der Waals surface area contributed by atoms with Crippen molar-refractivity contribution in [1.82, 2.24) is 4.90 Å². The van der Waals surface area contributed by atoms with E-state index in [9.17, 15) is 31.5 Å². The van der Waals surface area contributed by atoms with E-state index < -0.39 is 40.1 Å². The van der Waals surface area contributed by atoms with Gasteiger partial charge in [-0.1, -0.05) is 30.3 Å². The summed E-state index contributed by atoms with van der Waals surface area (Å²) in [5.74, 6) is -0.629. The SMILES string of the molecule is O=C([O-])N1CC(OS(=O)(=O)C(F)(F)F)=C[C@H]1c1ccccc1. The maximum Gasteiger partial charge on any atom is 0.534 e. The van der Waals surface area contributed by atoms with Crippen LogP contribution in [0.15, 0.2) is 42.2 Å². The maximum absolute atomic E-state index is 12.3. The van der Waals surface area contributed by atoms with E-state index in [0.29, 0.717) is 10.5 Å². The number of rotatable bonds is 3. The lowest BCUT2D eigenvalue weighted by Crippen LogP contribution is -2.41. The van der Waals surface area contributed by atoms with Gasteiger partial charge in [-0.15, -0.1) is 0 Å². The maximum atomic E-state index is 12.3. The molecule has 0 aliphatic carbocycles. The predicted molar refractivity (Wildman–Crippen MR) is 65.4 cm³/mol. The third-order valence-corrected chi connectivity index (χ3v) is 3.88. The first-order valence-corrected chi connectivity index (χ1v) is 7.26. The quantitative estimate of drug-likeness (QED) is 0.610. The van der Waals surface area contributed by atoms with E-state index in [0.717, 1.165) is 6.08 Å². The Morgan fingerprint density at radius 2 is 1.86 bits per heavy atom. The van der Waals surface area contributed by atoms with Crippen molar-refractivity contribution in [3.63, 3.8) is 0 Å². The number of alkyl halides is 3. The molecule has 0 aromatic heterocycles. The predicted octanol–water partition coefficient (Wildman–Crippen LogP) is 1.14. The molecule has 10 heteroatoms. The van der Waals surface area contributed by atoms with E-state index in [-0.39, 0.29) is 0 Å². The average molecular weight is 336 g/mol. The Hall–Kier alpha value is -2.23. The highest BCUT2D eigenvalue weighted by atomic mass is 32.2. The molecule has 1 aromatic carbocycles. The summed E-state index contributed by atoms with van der Waals surface area (Å²) in [6.45, 7) is -0.656. The van der Waals surface area contributed by atoms with Crippen LogP contribution in [0, 0.1) is 0 Å². The number of halogens is 3. The summed E-state index contributed by atoms with van der Waals surface area (Å²) in [7, 11) is -5.84. The number of carbonyl (C=O) groups is 1. The lowest BCUT2D eigenvalue weighted by molar-refractivity contribution is -0.266. The largest absolute Gasteiger partial charge is 0.534 e. The molecule has 1 heterocycles. The number of carboxylic acid groups (broad SMARTS) is 1. The number of hydrogen-bond donors (Lipinski definition) is 0. The van der Waals surface area contributed by atoms with Crippen molar-refractivity contribution in [2.24, 2.45) is 0 Å². The Morgan fingerprint density at radius 1 is 1.27 bits per heavy atom. The van der Waals surface area contributed by atoms with Gasteiger partial charge in [0.1, 0.15) is 11.9 Å². The molecule has 1 aliphatic heterocycles. The highest BCUT2D eigenvalue weighted by molar-refractivity contribution is 7.87. The number of carbonyl (C=O) groups excluding carboxylic acids is 1. The van der Waals surface area contributed by atoms with Crippen molar-refractivity contribution in [2.75, 3.05) is 6.54 Å². The molecule has 120 valence electrons. The van der Waals surface area contributed by atoms with Gasteiger partial charge in [-0.2, -0.15) is 21.6 Å². The number of benzene rings is 1. The van der Waals surface area contributed by atoms with Crippen LogP contribution in [0.5, 0.6) is 0 Å². The topological polar surface area (TPSA) is 86.7 Å². The summed E-state index contributed by atoms with van der Waals surface area (Å²) in [5, 5.41) is 11.0. The minimum Gasteiger partial charge on any atom is -0.530 e. The molecule has 0 unspecified atom stereocenters. The summed E-state index contributed by atoms with van der Waals surface area (Å²) < 4.78 is 62.7. The van der Waals surface area contributed by atoms with Gasteiger partial charge in [0.15, 0.2) is 0 Å². The fourth-order valence-electron chi connectivity index (χ4n) is 1.93. The zero-order chi connectivity index (χ0) is 16.5. The summed E-state index contributed by atoms with van der Waals surface area (Å²) in [5.41, 5.74) is -5.15. The van der Waals surface area contributed by atoms with Crippen LogP contribution < -0.4 is 5.11 Å². The van der Waals surface area contributed by atoms with Crippen LogP contribution in [0.2, 0.25) is 0 Å². The van der Waals surface area contributed by atoms with E-state index >= 15 is 0 Å². The molecule has 0 radical (unpaired) electrons. The highest BCUT2D eigenvalue weighted by Crippen LogP contribution is 2.33. The Labute approximate surface area is 123 Å². The smallest absolute Gasteiger partial charge is 0.530 e. The third kappa shape index (κ3) is 3.16. The lowest BCUT2D eigenvalue weighted by atomic mass is 10.1. The molecule has 0 bridgehead atoms. The fraction of sp³-hybridized carbons (Fsp3) is 0.250. The zero-order valence-electron chi connectivity index (χ0n) is 10.8. The Bertz CT molecular complexity index is 699. The van der Waals surface area contributed by atoms with Crippen LogP contribution >= 0.6 is 0 Å². The van der Waals surface area contributed by atoms with E-state index in [1.807, 2.05) is 0 Å². The van der Waals surface area contributed by atoms with Crippen molar-refractivity contribution >= 4 is 16.2 Å². The van der Waals surface area contributed by atoms with Crippen molar-refractivity contribution in [3.05, 3.63) is 47.7 Å². The van der Waals surface area contributed by atoms with Crippen LogP contribution in [-0.4, -0.2) is 31.5 Å². The van der Waals surface area contributed by atoms with Crippen LogP contribution in [-0.2, 0) is 14.3 Å². The fourth-order valence-corrected chi connectivity index (χ4v) is 2.42.